The Morgan fingerprint density at radius 3 is 2.77 bits per heavy atom. The first-order valence-electron chi connectivity index (χ1n) is 7.34. The Bertz CT molecular complexity index is 629. The van der Waals surface area contributed by atoms with Crippen LogP contribution in [-0.4, -0.2) is 17.5 Å². The summed E-state index contributed by atoms with van der Waals surface area (Å²) >= 11 is 0. The van der Waals surface area contributed by atoms with Crippen LogP contribution in [0.25, 0.3) is 0 Å². The van der Waals surface area contributed by atoms with E-state index < -0.39 is 5.91 Å². The number of hydrogen-bond donors (Lipinski definition) is 2. The maximum atomic E-state index is 11.4. The summed E-state index contributed by atoms with van der Waals surface area (Å²) < 4.78 is 5.61. The average Bonchev–Trinajstić information content (AvgIpc) is 2.54. The van der Waals surface area contributed by atoms with E-state index in [1.165, 1.54) is 0 Å². The van der Waals surface area contributed by atoms with Crippen LogP contribution in [0.2, 0.25) is 0 Å². The van der Waals surface area contributed by atoms with Gasteiger partial charge in [-0.05, 0) is 23.6 Å². The highest BCUT2D eigenvalue weighted by Gasteiger charge is 2.08. The molecule has 0 radical (unpaired) electrons. The smallest absolute Gasteiger partial charge is 0.250 e. The largest absolute Gasteiger partial charge is 0.379 e. The number of nitrogens with one attached hydrogen (secondary N) is 1. The first-order valence-corrected chi connectivity index (χ1v) is 7.34. The standard InChI is InChI=1S/C17H21N3O2/c1-2-9-22-12-14-6-4-3-5-13(14)10-20-16-11-19-8-7-15(16)17(18)21/h3-8,11,20H,2,9-10,12H2,1H3,(H2,18,21). The average molecular weight is 299 g/mol. The second-order valence-corrected chi connectivity index (χ2v) is 4.96. The summed E-state index contributed by atoms with van der Waals surface area (Å²) in [4.78, 5) is 15.4. The zero-order valence-electron chi connectivity index (χ0n) is 12.7. The van der Waals surface area contributed by atoms with Crippen molar-refractivity contribution < 1.29 is 9.53 Å². The van der Waals surface area contributed by atoms with Gasteiger partial charge in [-0.25, -0.2) is 0 Å². The van der Waals surface area contributed by atoms with E-state index in [4.69, 9.17) is 10.5 Å². The van der Waals surface area contributed by atoms with E-state index in [1.54, 1.807) is 18.5 Å². The van der Waals surface area contributed by atoms with Crippen molar-refractivity contribution in [1.29, 1.82) is 0 Å². The van der Waals surface area contributed by atoms with Gasteiger partial charge in [0.15, 0.2) is 0 Å². The number of ether oxygens (including phenoxy) is 1. The first-order chi connectivity index (χ1) is 10.7. The van der Waals surface area contributed by atoms with Crippen molar-refractivity contribution in [2.45, 2.75) is 26.5 Å². The summed E-state index contributed by atoms with van der Waals surface area (Å²) in [6.07, 6.45) is 4.16. The zero-order valence-corrected chi connectivity index (χ0v) is 12.7. The molecule has 22 heavy (non-hydrogen) atoms. The third kappa shape index (κ3) is 4.30. The van der Waals surface area contributed by atoms with E-state index in [1.807, 2.05) is 24.3 Å². The molecule has 1 aromatic heterocycles. The SMILES string of the molecule is CCCOCc1ccccc1CNc1cnccc1C(N)=O. The van der Waals surface area contributed by atoms with Crippen LogP contribution in [-0.2, 0) is 17.9 Å². The summed E-state index contributed by atoms with van der Waals surface area (Å²) in [5.74, 6) is -0.468. The van der Waals surface area contributed by atoms with Gasteiger partial charge in [0.25, 0.3) is 5.91 Å². The lowest BCUT2D eigenvalue weighted by atomic mass is 10.1. The number of carbonyl (C=O) groups is 1. The number of nitrogens with two attached hydrogens (primary N) is 1. The van der Waals surface area contributed by atoms with E-state index in [0.717, 1.165) is 24.2 Å². The van der Waals surface area contributed by atoms with Gasteiger partial charge in [-0.3, -0.25) is 9.78 Å². The van der Waals surface area contributed by atoms with Crippen LogP contribution in [0.1, 0.15) is 34.8 Å². The molecule has 0 atom stereocenters. The molecule has 0 fully saturated rings. The van der Waals surface area contributed by atoms with Crippen molar-refractivity contribution >= 4 is 11.6 Å². The third-order valence-electron chi connectivity index (χ3n) is 3.28. The minimum atomic E-state index is -0.468. The normalized spacial score (nSPS) is 10.4. The molecule has 5 nitrogen and oxygen atoms in total. The Balaban J connectivity index is 2.07. The molecule has 1 heterocycles. The Hall–Kier alpha value is -2.40. The summed E-state index contributed by atoms with van der Waals surface area (Å²) in [5, 5.41) is 3.22. The lowest BCUT2D eigenvalue weighted by Crippen LogP contribution is -2.15. The fourth-order valence-corrected chi connectivity index (χ4v) is 2.14. The van der Waals surface area contributed by atoms with Crippen molar-refractivity contribution in [3.8, 4) is 0 Å². The second-order valence-electron chi connectivity index (χ2n) is 4.96. The predicted octanol–water partition coefficient (Wildman–Crippen LogP) is 2.72. The number of aromatic nitrogens is 1. The molecule has 2 rings (SSSR count). The molecule has 0 spiro atoms. The number of rotatable bonds is 8. The number of hydrogen-bond acceptors (Lipinski definition) is 4. The van der Waals surface area contributed by atoms with Gasteiger partial charge >= 0.3 is 0 Å². The monoisotopic (exact) mass is 299 g/mol. The second kappa shape index (κ2) is 8.14. The molecule has 0 saturated heterocycles. The molecule has 0 aliphatic carbocycles. The van der Waals surface area contributed by atoms with Crippen LogP contribution in [0.15, 0.2) is 42.7 Å². The van der Waals surface area contributed by atoms with Crippen molar-refractivity contribution in [3.63, 3.8) is 0 Å². The fraction of sp³-hybridized carbons (Fsp3) is 0.294. The van der Waals surface area contributed by atoms with Crippen LogP contribution in [0, 0.1) is 0 Å². The summed E-state index contributed by atoms with van der Waals surface area (Å²) in [5.41, 5.74) is 8.70. The lowest BCUT2D eigenvalue weighted by molar-refractivity contribution is 0.100. The number of pyridine rings is 1. The minimum absolute atomic E-state index is 0.440. The third-order valence-corrected chi connectivity index (χ3v) is 3.28. The number of benzene rings is 1. The highest BCUT2D eigenvalue weighted by Crippen LogP contribution is 2.16. The molecule has 1 aromatic carbocycles. The molecule has 5 heteroatoms. The number of primary amides is 1. The molecular weight excluding hydrogens is 278 g/mol. The van der Waals surface area contributed by atoms with E-state index in [-0.39, 0.29) is 0 Å². The van der Waals surface area contributed by atoms with E-state index >= 15 is 0 Å². The lowest BCUT2D eigenvalue weighted by Gasteiger charge is -2.13. The fourth-order valence-electron chi connectivity index (χ4n) is 2.14. The van der Waals surface area contributed by atoms with Crippen LogP contribution >= 0.6 is 0 Å². The molecule has 0 unspecified atom stereocenters. The van der Waals surface area contributed by atoms with Gasteiger partial charge in [0.2, 0.25) is 0 Å². The summed E-state index contributed by atoms with van der Waals surface area (Å²) in [6.45, 7) is 4.00. The van der Waals surface area contributed by atoms with Crippen molar-refractivity contribution in [2.24, 2.45) is 5.73 Å². The number of amides is 1. The highest BCUT2D eigenvalue weighted by molar-refractivity contribution is 5.98. The van der Waals surface area contributed by atoms with Crippen LogP contribution in [0.3, 0.4) is 0 Å². The number of anilines is 1. The molecule has 0 bridgehead atoms. The first kappa shape index (κ1) is 16.0. The van der Waals surface area contributed by atoms with Crippen molar-refractivity contribution in [3.05, 3.63) is 59.4 Å². The van der Waals surface area contributed by atoms with Gasteiger partial charge in [0.1, 0.15) is 0 Å². The van der Waals surface area contributed by atoms with Gasteiger partial charge in [-0.2, -0.15) is 0 Å². The summed E-state index contributed by atoms with van der Waals surface area (Å²) in [7, 11) is 0. The Morgan fingerprint density at radius 1 is 1.27 bits per heavy atom. The van der Waals surface area contributed by atoms with Crippen LogP contribution < -0.4 is 11.1 Å². The van der Waals surface area contributed by atoms with Gasteiger partial charge in [-0.1, -0.05) is 31.2 Å². The van der Waals surface area contributed by atoms with Gasteiger partial charge in [0, 0.05) is 19.3 Å². The van der Waals surface area contributed by atoms with Gasteiger partial charge in [-0.15, -0.1) is 0 Å². The molecule has 0 saturated carbocycles. The van der Waals surface area contributed by atoms with Crippen LogP contribution in [0.4, 0.5) is 5.69 Å². The van der Waals surface area contributed by atoms with E-state index in [9.17, 15) is 4.79 Å². The predicted molar refractivity (Wildman–Crippen MR) is 86.5 cm³/mol. The molecule has 116 valence electrons. The molecule has 1 amide bonds. The molecule has 0 aliphatic heterocycles. The van der Waals surface area contributed by atoms with Gasteiger partial charge < -0.3 is 15.8 Å². The van der Waals surface area contributed by atoms with E-state index in [0.29, 0.717) is 24.4 Å². The molecule has 2 aromatic rings. The Labute approximate surface area is 130 Å². The Morgan fingerprint density at radius 2 is 2.05 bits per heavy atom. The molecule has 3 N–H and O–H groups in total. The Kier molecular flexibility index (Phi) is 5.91. The van der Waals surface area contributed by atoms with Crippen molar-refractivity contribution in [1.82, 2.24) is 4.98 Å². The molecule has 0 aliphatic rings. The number of nitrogens with zero attached hydrogens (tertiary/aromatic N) is 1. The van der Waals surface area contributed by atoms with Crippen LogP contribution in [0.5, 0.6) is 0 Å². The van der Waals surface area contributed by atoms with Gasteiger partial charge in [0.05, 0.1) is 24.1 Å². The van der Waals surface area contributed by atoms with E-state index in [2.05, 4.69) is 17.2 Å². The minimum Gasteiger partial charge on any atom is -0.379 e. The highest BCUT2D eigenvalue weighted by atomic mass is 16.5. The summed E-state index contributed by atoms with van der Waals surface area (Å²) in [6, 6.07) is 9.68. The quantitative estimate of drug-likeness (QED) is 0.735. The zero-order chi connectivity index (χ0) is 15.8. The maximum absolute atomic E-state index is 11.4. The molecular formula is C17H21N3O2. The topological polar surface area (TPSA) is 77.2 Å². The maximum Gasteiger partial charge on any atom is 0.250 e. The van der Waals surface area contributed by atoms with Crippen molar-refractivity contribution in [2.75, 3.05) is 11.9 Å². The number of carbonyl (C=O) groups excluding carboxylic acids is 1.